The van der Waals surface area contributed by atoms with Crippen LogP contribution in [0.3, 0.4) is 0 Å². The van der Waals surface area contributed by atoms with Gasteiger partial charge in [-0.2, -0.15) is 0 Å². The maximum Gasteiger partial charge on any atom is 0.241 e. The maximum absolute atomic E-state index is 12.4. The number of nitrogens with zero attached hydrogens (tertiary/aromatic N) is 1. The first kappa shape index (κ1) is 16.0. The van der Waals surface area contributed by atoms with Gasteiger partial charge in [0.05, 0.1) is 12.1 Å². The minimum absolute atomic E-state index is 0.0231. The normalized spacial score (nSPS) is 22.0. The summed E-state index contributed by atoms with van der Waals surface area (Å²) in [4.78, 5) is 14.6. The van der Waals surface area contributed by atoms with Crippen molar-refractivity contribution in [3.05, 3.63) is 29.3 Å². The van der Waals surface area contributed by atoms with Crippen LogP contribution in [0.5, 0.6) is 0 Å². The smallest absolute Gasteiger partial charge is 0.241 e. The molecule has 3 atom stereocenters. The molecule has 0 aliphatic carbocycles. The summed E-state index contributed by atoms with van der Waals surface area (Å²) in [6.07, 6.45) is 0.656. The van der Waals surface area contributed by atoms with Crippen LogP contribution in [0.1, 0.15) is 31.4 Å². The van der Waals surface area contributed by atoms with E-state index < -0.39 is 0 Å². The molecule has 0 aromatic heterocycles. The van der Waals surface area contributed by atoms with Crippen molar-refractivity contribution >= 4 is 11.6 Å². The molecule has 4 heteroatoms. The average Bonchev–Trinajstić information content (AvgIpc) is 2.91. The van der Waals surface area contributed by atoms with E-state index in [4.69, 9.17) is 0 Å². The molecule has 1 fully saturated rings. The Labute approximate surface area is 127 Å². The highest BCUT2D eigenvalue weighted by atomic mass is 16.3. The Hall–Kier alpha value is -1.39. The minimum Gasteiger partial charge on any atom is -0.393 e. The highest BCUT2D eigenvalue weighted by Gasteiger charge is 2.31. The largest absolute Gasteiger partial charge is 0.393 e. The van der Waals surface area contributed by atoms with Crippen molar-refractivity contribution in [3.8, 4) is 0 Å². The first-order chi connectivity index (χ1) is 9.88. The number of likely N-dealkylation sites (tertiary alicyclic amines) is 1. The molecule has 1 aliphatic heterocycles. The zero-order valence-corrected chi connectivity index (χ0v) is 13.4. The first-order valence-corrected chi connectivity index (χ1v) is 7.68. The van der Waals surface area contributed by atoms with E-state index in [0.29, 0.717) is 0 Å². The van der Waals surface area contributed by atoms with Crippen LogP contribution in [0.2, 0.25) is 0 Å². The van der Waals surface area contributed by atoms with Gasteiger partial charge in [-0.3, -0.25) is 9.69 Å². The lowest BCUT2D eigenvalue weighted by molar-refractivity contribution is -0.120. The summed E-state index contributed by atoms with van der Waals surface area (Å²) < 4.78 is 0. The van der Waals surface area contributed by atoms with Gasteiger partial charge >= 0.3 is 0 Å². The molecule has 0 saturated carbocycles. The molecular weight excluding hydrogens is 264 g/mol. The quantitative estimate of drug-likeness (QED) is 0.895. The number of hydrogen-bond donors (Lipinski definition) is 2. The Morgan fingerprint density at radius 3 is 2.71 bits per heavy atom. The molecule has 2 N–H and O–H groups in total. The number of carbonyl (C=O) groups is 1. The first-order valence-electron chi connectivity index (χ1n) is 7.68. The van der Waals surface area contributed by atoms with Gasteiger partial charge in [-0.15, -0.1) is 0 Å². The van der Waals surface area contributed by atoms with Crippen LogP contribution >= 0.6 is 0 Å². The molecule has 1 aromatic carbocycles. The van der Waals surface area contributed by atoms with Gasteiger partial charge in [-0.25, -0.2) is 0 Å². The molecule has 0 bridgehead atoms. The number of benzene rings is 1. The van der Waals surface area contributed by atoms with Crippen LogP contribution in [0.15, 0.2) is 18.2 Å². The predicted octanol–water partition coefficient (Wildman–Crippen LogP) is 2.33. The van der Waals surface area contributed by atoms with Gasteiger partial charge in [0.15, 0.2) is 0 Å². The molecule has 1 aromatic rings. The van der Waals surface area contributed by atoms with Gasteiger partial charge in [-0.1, -0.05) is 12.1 Å². The Morgan fingerprint density at radius 1 is 1.38 bits per heavy atom. The van der Waals surface area contributed by atoms with Gasteiger partial charge in [0.25, 0.3) is 0 Å². The van der Waals surface area contributed by atoms with Crippen LogP contribution < -0.4 is 5.32 Å². The Bertz CT molecular complexity index is 514. The van der Waals surface area contributed by atoms with Crippen LogP contribution in [-0.2, 0) is 4.79 Å². The summed E-state index contributed by atoms with van der Waals surface area (Å²) in [6, 6.07) is 5.90. The fourth-order valence-electron chi connectivity index (χ4n) is 2.83. The third kappa shape index (κ3) is 3.83. The monoisotopic (exact) mass is 290 g/mol. The van der Waals surface area contributed by atoms with E-state index in [1.165, 1.54) is 0 Å². The van der Waals surface area contributed by atoms with Gasteiger partial charge in [0, 0.05) is 12.2 Å². The minimum atomic E-state index is -0.302. The number of anilines is 1. The number of aryl methyl sites for hydroxylation is 2. The summed E-state index contributed by atoms with van der Waals surface area (Å²) in [7, 11) is 0. The van der Waals surface area contributed by atoms with E-state index in [0.717, 1.165) is 36.3 Å². The summed E-state index contributed by atoms with van der Waals surface area (Å²) in [6.45, 7) is 9.45. The summed E-state index contributed by atoms with van der Waals surface area (Å²) in [5.41, 5.74) is 3.10. The molecule has 21 heavy (non-hydrogen) atoms. The standard InChI is InChI=1S/C17H26N2O2/c1-11-5-6-12(2)16(9-11)18-17(21)13(3)19-8-7-15(10-19)14(4)20/h5-6,9,13-15,20H,7-8,10H2,1-4H3,(H,18,21). The maximum atomic E-state index is 12.4. The van der Waals surface area contributed by atoms with Crippen molar-refractivity contribution in [1.82, 2.24) is 4.90 Å². The van der Waals surface area contributed by atoms with E-state index in [1.54, 1.807) is 0 Å². The fourth-order valence-corrected chi connectivity index (χ4v) is 2.83. The Balaban J connectivity index is 1.99. The number of aliphatic hydroxyl groups excluding tert-OH is 1. The SMILES string of the molecule is Cc1ccc(C)c(NC(=O)C(C)N2CCC(C(C)O)C2)c1. The Morgan fingerprint density at radius 2 is 2.10 bits per heavy atom. The number of aliphatic hydroxyl groups is 1. The molecule has 1 amide bonds. The second-order valence-electron chi connectivity index (χ2n) is 6.27. The van der Waals surface area contributed by atoms with Crippen LogP contribution in [0.4, 0.5) is 5.69 Å². The second kappa shape index (κ2) is 6.58. The lowest BCUT2D eigenvalue weighted by atomic mass is 10.0. The number of rotatable bonds is 4. The van der Waals surface area contributed by atoms with Crippen molar-refractivity contribution in [1.29, 1.82) is 0 Å². The highest BCUT2D eigenvalue weighted by Crippen LogP contribution is 2.23. The molecule has 0 spiro atoms. The van der Waals surface area contributed by atoms with Crippen LogP contribution in [0.25, 0.3) is 0 Å². The zero-order chi connectivity index (χ0) is 15.6. The third-order valence-electron chi connectivity index (χ3n) is 4.52. The van der Waals surface area contributed by atoms with Crippen molar-refractivity contribution in [2.24, 2.45) is 5.92 Å². The molecule has 116 valence electrons. The van der Waals surface area contributed by atoms with E-state index >= 15 is 0 Å². The Kier molecular flexibility index (Phi) is 5.01. The van der Waals surface area contributed by atoms with Crippen molar-refractivity contribution in [2.45, 2.75) is 46.3 Å². The molecule has 1 saturated heterocycles. The molecule has 1 aliphatic rings. The molecule has 2 rings (SSSR count). The van der Waals surface area contributed by atoms with Crippen molar-refractivity contribution in [2.75, 3.05) is 18.4 Å². The summed E-state index contributed by atoms with van der Waals surface area (Å²) >= 11 is 0. The van der Waals surface area contributed by atoms with Gasteiger partial charge in [0.2, 0.25) is 5.91 Å². The lowest BCUT2D eigenvalue weighted by Gasteiger charge is -2.24. The van der Waals surface area contributed by atoms with Crippen LogP contribution in [0, 0.1) is 19.8 Å². The molecule has 4 nitrogen and oxygen atoms in total. The summed E-state index contributed by atoms with van der Waals surface area (Å²) in [5, 5.41) is 12.7. The molecular formula is C17H26N2O2. The highest BCUT2D eigenvalue weighted by molar-refractivity contribution is 5.95. The third-order valence-corrected chi connectivity index (χ3v) is 4.52. The lowest BCUT2D eigenvalue weighted by Crippen LogP contribution is -2.41. The number of nitrogens with one attached hydrogen (secondary N) is 1. The van der Waals surface area contributed by atoms with Crippen molar-refractivity contribution < 1.29 is 9.90 Å². The number of amides is 1. The van der Waals surface area contributed by atoms with E-state index in [-0.39, 0.29) is 24.0 Å². The topological polar surface area (TPSA) is 52.6 Å². The van der Waals surface area contributed by atoms with Gasteiger partial charge in [-0.05, 0) is 63.8 Å². The van der Waals surface area contributed by atoms with E-state index in [9.17, 15) is 9.90 Å². The van der Waals surface area contributed by atoms with E-state index in [1.807, 2.05) is 45.9 Å². The van der Waals surface area contributed by atoms with E-state index in [2.05, 4.69) is 10.2 Å². The summed E-state index contributed by atoms with van der Waals surface area (Å²) in [5.74, 6) is 0.302. The second-order valence-corrected chi connectivity index (χ2v) is 6.27. The predicted molar refractivity (Wildman–Crippen MR) is 85.4 cm³/mol. The number of carbonyl (C=O) groups excluding carboxylic acids is 1. The zero-order valence-electron chi connectivity index (χ0n) is 13.4. The van der Waals surface area contributed by atoms with Gasteiger partial charge < -0.3 is 10.4 Å². The van der Waals surface area contributed by atoms with Crippen molar-refractivity contribution in [3.63, 3.8) is 0 Å². The average molecular weight is 290 g/mol. The number of hydrogen-bond acceptors (Lipinski definition) is 3. The molecule has 1 heterocycles. The fraction of sp³-hybridized carbons (Fsp3) is 0.588. The van der Waals surface area contributed by atoms with Gasteiger partial charge in [0.1, 0.15) is 0 Å². The molecule has 3 unspecified atom stereocenters. The molecule has 0 radical (unpaired) electrons. The van der Waals surface area contributed by atoms with Crippen LogP contribution in [-0.4, -0.2) is 41.1 Å².